The zero-order chi connectivity index (χ0) is 16.9. The normalized spacial score (nSPS) is 19.3. The molecule has 1 heterocycles. The summed E-state index contributed by atoms with van der Waals surface area (Å²) in [5.41, 5.74) is 1.35. The van der Waals surface area contributed by atoms with Crippen LogP contribution in [0.3, 0.4) is 0 Å². The number of likely N-dealkylation sites (tertiary alicyclic amines) is 1. The summed E-state index contributed by atoms with van der Waals surface area (Å²) < 4.78 is 6.40. The fourth-order valence-corrected chi connectivity index (χ4v) is 3.44. The van der Waals surface area contributed by atoms with Gasteiger partial charge in [-0.2, -0.15) is 0 Å². The highest BCUT2D eigenvalue weighted by Crippen LogP contribution is 2.25. The number of rotatable bonds is 5. The third-order valence-electron chi connectivity index (χ3n) is 4.49. The molecule has 4 nitrogen and oxygen atoms in total. The molecule has 128 valence electrons. The van der Waals surface area contributed by atoms with Crippen LogP contribution in [0.4, 0.5) is 0 Å². The molecule has 2 rings (SSSR count). The van der Waals surface area contributed by atoms with Crippen molar-refractivity contribution in [3.63, 3.8) is 0 Å². The number of halogens is 1. The van der Waals surface area contributed by atoms with Crippen LogP contribution < -0.4 is 5.32 Å². The number of methoxy groups -OCH3 is 1. The van der Waals surface area contributed by atoms with Gasteiger partial charge in [-0.1, -0.05) is 41.9 Å². The van der Waals surface area contributed by atoms with E-state index in [1.54, 1.807) is 7.11 Å². The highest BCUT2D eigenvalue weighted by atomic mass is 79.9. The maximum Gasteiger partial charge on any atom is 0.193 e. The van der Waals surface area contributed by atoms with E-state index in [1.807, 2.05) is 7.05 Å². The zero-order valence-corrected chi connectivity index (χ0v) is 16.2. The first-order valence-electron chi connectivity index (χ1n) is 8.17. The van der Waals surface area contributed by atoms with Crippen LogP contribution in [-0.4, -0.2) is 51.3 Å². The standard InChI is InChI=1S/C18H28BrN3O/c1-18(2,15-6-5-7-16(19)10-15)13-21-17(20-3)22-9-8-14(11-22)12-23-4/h5-7,10,14H,8-9,11-13H2,1-4H3,(H,20,21). The SMILES string of the molecule is CN=C(NCC(C)(C)c1cccc(Br)c1)N1CCC(COC)C1. The Hall–Kier alpha value is -1.07. The Labute approximate surface area is 148 Å². The number of nitrogens with zero attached hydrogens (tertiary/aromatic N) is 2. The monoisotopic (exact) mass is 381 g/mol. The van der Waals surface area contributed by atoms with Crippen molar-refractivity contribution in [2.45, 2.75) is 25.7 Å². The summed E-state index contributed by atoms with van der Waals surface area (Å²) in [5.74, 6) is 1.60. The van der Waals surface area contributed by atoms with Crippen LogP contribution in [0.25, 0.3) is 0 Å². The van der Waals surface area contributed by atoms with Gasteiger partial charge in [0.05, 0.1) is 6.61 Å². The maximum atomic E-state index is 5.28. The number of aliphatic imine (C=N–C) groups is 1. The van der Waals surface area contributed by atoms with Crippen molar-refractivity contribution >= 4 is 21.9 Å². The van der Waals surface area contributed by atoms with E-state index in [0.717, 1.165) is 36.7 Å². The molecule has 1 aromatic rings. The van der Waals surface area contributed by atoms with E-state index in [1.165, 1.54) is 12.0 Å². The average Bonchev–Trinajstić information content (AvgIpc) is 2.97. The molecule has 1 saturated heterocycles. The first-order chi connectivity index (χ1) is 11.0. The lowest BCUT2D eigenvalue weighted by Gasteiger charge is -2.29. The van der Waals surface area contributed by atoms with Crippen LogP contribution in [0.2, 0.25) is 0 Å². The lowest BCUT2D eigenvalue weighted by molar-refractivity contribution is 0.157. The summed E-state index contributed by atoms with van der Waals surface area (Å²) >= 11 is 3.56. The van der Waals surface area contributed by atoms with Crippen LogP contribution in [-0.2, 0) is 10.2 Å². The fraction of sp³-hybridized carbons (Fsp3) is 0.611. The second kappa shape index (κ2) is 8.15. The van der Waals surface area contributed by atoms with E-state index < -0.39 is 0 Å². The first-order valence-corrected chi connectivity index (χ1v) is 8.96. The van der Waals surface area contributed by atoms with Gasteiger partial charge in [0.2, 0.25) is 0 Å². The lowest BCUT2D eigenvalue weighted by Crippen LogP contribution is -2.45. The smallest absolute Gasteiger partial charge is 0.193 e. The highest BCUT2D eigenvalue weighted by Gasteiger charge is 2.27. The topological polar surface area (TPSA) is 36.9 Å². The second-order valence-electron chi connectivity index (χ2n) is 6.85. The van der Waals surface area contributed by atoms with Crippen molar-refractivity contribution in [1.29, 1.82) is 0 Å². The molecule has 0 bridgehead atoms. The van der Waals surface area contributed by atoms with Gasteiger partial charge in [-0.05, 0) is 24.1 Å². The van der Waals surface area contributed by atoms with E-state index in [4.69, 9.17) is 4.74 Å². The van der Waals surface area contributed by atoms with Gasteiger partial charge >= 0.3 is 0 Å². The number of hydrogen-bond donors (Lipinski definition) is 1. The van der Waals surface area contributed by atoms with Gasteiger partial charge in [-0.3, -0.25) is 4.99 Å². The molecular weight excluding hydrogens is 354 g/mol. The van der Waals surface area contributed by atoms with Crippen LogP contribution >= 0.6 is 15.9 Å². The van der Waals surface area contributed by atoms with E-state index >= 15 is 0 Å². The minimum atomic E-state index is 0.0331. The summed E-state index contributed by atoms with van der Waals surface area (Å²) in [6, 6.07) is 8.52. The largest absolute Gasteiger partial charge is 0.384 e. The Bertz CT molecular complexity index is 545. The quantitative estimate of drug-likeness (QED) is 0.627. The fourth-order valence-electron chi connectivity index (χ4n) is 3.04. The molecule has 0 aromatic heterocycles. The Morgan fingerprint density at radius 3 is 2.91 bits per heavy atom. The number of benzene rings is 1. The van der Waals surface area contributed by atoms with Gasteiger partial charge < -0.3 is 15.0 Å². The van der Waals surface area contributed by atoms with Gasteiger partial charge in [0.25, 0.3) is 0 Å². The number of guanidine groups is 1. The Kier molecular flexibility index (Phi) is 6.48. The van der Waals surface area contributed by atoms with Crippen LogP contribution in [0, 0.1) is 5.92 Å². The van der Waals surface area contributed by atoms with E-state index in [9.17, 15) is 0 Å². The molecule has 1 fully saturated rings. The third kappa shape index (κ3) is 4.95. The van der Waals surface area contributed by atoms with Crippen molar-refractivity contribution < 1.29 is 4.74 Å². The van der Waals surface area contributed by atoms with Crippen molar-refractivity contribution in [2.24, 2.45) is 10.9 Å². The molecule has 1 aromatic carbocycles. The minimum absolute atomic E-state index is 0.0331. The van der Waals surface area contributed by atoms with Crippen molar-refractivity contribution in [1.82, 2.24) is 10.2 Å². The Balaban J connectivity index is 1.95. The summed E-state index contributed by atoms with van der Waals surface area (Å²) in [6.07, 6.45) is 1.17. The van der Waals surface area contributed by atoms with Crippen LogP contribution in [0.5, 0.6) is 0 Å². The minimum Gasteiger partial charge on any atom is -0.384 e. The summed E-state index contributed by atoms with van der Waals surface area (Å²) in [6.45, 7) is 8.26. The second-order valence-corrected chi connectivity index (χ2v) is 7.77. The lowest BCUT2D eigenvalue weighted by atomic mass is 9.85. The molecule has 1 atom stereocenters. The van der Waals surface area contributed by atoms with E-state index in [-0.39, 0.29) is 5.41 Å². The van der Waals surface area contributed by atoms with Gasteiger partial charge in [-0.15, -0.1) is 0 Å². The number of ether oxygens (including phenoxy) is 1. The van der Waals surface area contributed by atoms with Crippen molar-refractivity contribution in [2.75, 3.05) is 40.4 Å². The average molecular weight is 382 g/mol. The number of nitrogens with one attached hydrogen (secondary N) is 1. The van der Waals surface area contributed by atoms with Gasteiger partial charge in [0.15, 0.2) is 5.96 Å². The van der Waals surface area contributed by atoms with Crippen LogP contribution in [0.15, 0.2) is 33.7 Å². The number of hydrogen-bond acceptors (Lipinski definition) is 2. The molecule has 0 saturated carbocycles. The highest BCUT2D eigenvalue weighted by molar-refractivity contribution is 9.10. The molecule has 1 unspecified atom stereocenters. The molecule has 1 N–H and O–H groups in total. The van der Waals surface area contributed by atoms with E-state index in [2.05, 4.69) is 69.3 Å². The van der Waals surface area contributed by atoms with E-state index in [0.29, 0.717) is 5.92 Å². The molecule has 1 aliphatic heterocycles. The summed E-state index contributed by atoms with van der Waals surface area (Å²) in [7, 11) is 3.63. The van der Waals surface area contributed by atoms with Gasteiger partial charge in [0.1, 0.15) is 0 Å². The molecular formula is C18H28BrN3O. The summed E-state index contributed by atoms with van der Waals surface area (Å²) in [5, 5.41) is 3.55. The van der Waals surface area contributed by atoms with Crippen molar-refractivity contribution in [3.05, 3.63) is 34.3 Å². The van der Waals surface area contributed by atoms with Gasteiger partial charge in [-0.25, -0.2) is 0 Å². The molecule has 0 aliphatic carbocycles. The predicted molar refractivity (Wildman–Crippen MR) is 100 cm³/mol. The zero-order valence-electron chi connectivity index (χ0n) is 14.6. The molecule has 5 heteroatoms. The molecule has 23 heavy (non-hydrogen) atoms. The molecule has 0 amide bonds. The maximum absolute atomic E-state index is 5.28. The molecule has 1 aliphatic rings. The van der Waals surface area contributed by atoms with Gasteiger partial charge in [0, 0.05) is 49.6 Å². The summed E-state index contributed by atoms with van der Waals surface area (Å²) in [4.78, 5) is 6.79. The first kappa shape index (κ1) is 18.3. The Morgan fingerprint density at radius 1 is 1.48 bits per heavy atom. The molecule has 0 spiro atoms. The molecule has 0 radical (unpaired) electrons. The Morgan fingerprint density at radius 2 is 2.26 bits per heavy atom. The van der Waals surface area contributed by atoms with Crippen molar-refractivity contribution in [3.8, 4) is 0 Å². The third-order valence-corrected chi connectivity index (χ3v) is 4.99. The predicted octanol–water partition coefficient (Wildman–Crippen LogP) is 3.27. The van der Waals surface area contributed by atoms with Crippen LogP contribution in [0.1, 0.15) is 25.8 Å².